The fourth-order valence-electron chi connectivity index (χ4n) is 0.881. The Balaban J connectivity index is 3.98. The van der Waals surface area contributed by atoms with Crippen molar-refractivity contribution in [2.75, 3.05) is 0 Å². The van der Waals surface area contributed by atoms with Gasteiger partial charge < -0.3 is 0 Å². The van der Waals surface area contributed by atoms with Gasteiger partial charge in [0.2, 0.25) is 6.29 Å². The summed E-state index contributed by atoms with van der Waals surface area (Å²) in [5.74, 6) is 0.443. The lowest BCUT2D eigenvalue weighted by Gasteiger charge is -2.05. The van der Waals surface area contributed by atoms with E-state index in [-0.39, 0.29) is 0 Å². The van der Waals surface area contributed by atoms with Crippen LogP contribution in [0, 0.1) is 5.92 Å². The van der Waals surface area contributed by atoms with E-state index < -0.39 is 0 Å². The summed E-state index contributed by atoms with van der Waals surface area (Å²) in [6.07, 6.45) is 9.58. The minimum atomic E-state index is 0.413. The van der Waals surface area contributed by atoms with Gasteiger partial charge in [-0.3, -0.25) is 4.79 Å². The first-order chi connectivity index (χ1) is 5.72. The van der Waals surface area contributed by atoms with Gasteiger partial charge in [-0.15, -0.1) is 0 Å². The minimum Gasteiger partial charge on any atom is -0.291 e. The van der Waals surface area contributed by atoms with Crippen molar-refractivity contribution in [3.8, 4) is 0 Å². The largest absolute Gasteiger partial charge is 0.291 e. The topological polar surface area (TPSA) is 17.1 Å². The maximum atomic E-state index is 9.96. The summed E-state index contributed by atoms with van der Waals surface area (Å²) in [6.45, 7) is 6.28. The third kappa shape index (κ3) is 4.89. The van der Waals surface area contributed by atoms with Crippen LogP contribution >= 0.6 is 0 Å². The number of hydrogen-bond donors (Lipinski definition) is 0. The summed E-state index contributed by atoms with van der Waals surface area (Å²) in [5, 5.41) is 0. The van der Waals surface area contributed by atoms with Crippen LogP contribution in [0.15, 0.2) is 23.8 Å². The Morgan fingerprint density at radius 2 is 2.25 bits per heavy atom. The molecule has 12 heavy (non-hydrogen) atoms. The lowest BCUT2D eigenvalue weighted by Crippen LogP contribution is -1.91. The fraction of sp³-hybridized carbons (Fsp3) is 0.545. The van der Waals surface area contributed by atoms with E-state index in [2.05, 4.69) is 26.0 Å². The van der Waals surface area contributed by atoms with E-state index >= 15 is 0 Å². The average Bonchev–Trinajstić information content (AvgIpc) is 2.10. The molecule has 0 bridgehead atoms. The first kappa shape index (κ1) is 11.2. The minimum absolute atomic E-state index is 0.413. The molecule has 0 amide bonds. The van der Waals surface area contributed by atoms with Crippen LogP contribution in [0.25, 0.3) is 0 Å². The second-order valence-corrected chi connectivity index (χ2v) is 2.92. The number of carbonyl (C=O) groups excluding carboxylic acids is 1. The van der Waals surface area contributed by atoms with Gasteiger partial charge in [0.25, 0.3) is 0 Å². The number of rotatable bonds is 5. The Hall–Kier alpha value is -0.850. The van der Waals surface area contributed by atoms with E-state index in [1.165, 1.54) is 5.57 Å². The molecule has 0 aliphatic carbocycles. The molecule has 0 aromatic carbocycles. The summed E-state index contributed by atoms with van der Waals surface area (Å²) < 4.78 is 0. The third-order valence-corrected chi connectivity index (χ3v) is 1.89. The van der Waals surface area contributed by atoms with Gasteiger partial charge in [0.1, 0.15) is 0 Å². The highest BCUT2D eigenvalue weighted by Gasteiger charge is 1.97. The van der Waals surface area contributed by atoms with Crippen molar-refractivity contribution in [3.05, 3.63) is 23.8 Å². The van der Waals surface area contributed by atoms with Crippen LogP contribution in [0.4, 0.5) is 0 Å². The molecule has 0 rings (SSSR count). The van der Waals surface area contributed by atoms with Crippen LogP contribution in [0.2, 0.25) is 0 Å². The predicted octanol–water partition coefficient (Wildman–Crippen LogP) is 3.03. The molecule has 0 aromatic heterocycles. The molecule has 0 heterocycles. The van der Waals surface area contributed by atoms with Crippen LogP contribution in [0.5, 0.6) is 0 Å². The van der Waals surface area contributed by atoms with Gasteiger partial charge in [0.05, 0.1) is 0 Å². The first-order valence-electron chi connectivity index (χ1n) is 4.40. The smallest absolute Gasteiger partial charge is 0.202 e. The van der Waals surface area contributed by atoms with Crippen molar-refractivity contribution in [1.29, 1.82) is 0 Å². The van der Waals surface area contributed by atoms with E-state index in [1.54, 1.807) is 0 Å². The first-order valence-corrected chi connectivity index (χ1v) is 4.40. The molecule has 67 valence electrons. The molecule has 1 unspecified atom stereocenters. The summed E-state index contributed by atoms with van der Waals surface area (Å²) in [4.78, 5) is 9.96. The molecule has 0 saturated carbocycles. The van der Waals surface area contributed by atoms with Crippen molar-refractivity contribution >= 4 is 6.29 Å². The molecule has 1 heteroatoms. The lowest BCUT2D eigenvalue weighted by molar-refractivity contribution is 0.556. The molecule has 0 aliphatic heterocycles. The molecule has 0 aromatic rings. The van der Waals surface area contributed by atoms with Crippen LogP contribution < -0.4 is 0 Å². The zero-order valence-electron chi connectivity index (χ0n) is 8.13. The molecule has 1 atom stereocenters. The molecule has 0 spiro atoms. The van der Waals surface area contributed by atoms with Crippen molar-refractivity contribution in [1.82, 2.24) is 0 Å². The molecular weight excluding hydrogens is 148 g/mol. The monoisotopic (exact) mass is 165 g/mol. The third-order valence-electron chi connectivity index (χ3n) is 1.89. The van der Waals surface area contributed by atoms with Crippen LogP contribution in [-0.2, 0) is 4.79 Å². The molecule has 0 aliphatic rings. The highest BCUT2D eigenvalue weighted by atomic mass is 16.1. The van der Waals surface area contributed by atoms with E-state index in [1.807, 2.05) is 19.3 Å². The standard InChI is InChI=1S/C11H17O/c1-4-5-7-10(2)11(3)8-6-9-12/h5,7-8,10H,4,6H2,1-3H3. The van der Waals surface area contributed by atoms with Crippen molar-refractivity contribution in [3.63, 3.8) is 0 Å². The highest BCUT2D eigenvalue weighted by molar-refractivity contribution is 5.53. The second-order valence-electron chi connectivity index (χ2n) is 2.92. The summed E-state index contributed by atoms with van der Waals surface area (Å²) >= 11 is 0. The van der Waals surface area contributed by atoms with Crippen molar-refractivity contribution in [2.24, 2.45) is 5.92 Å². The van der Waals surface area contributed by atoms with Gasteiger partial charge in [-0.1, -0.05) is 37.6 Å². The Morgan fingerprint density at radius 1 is 1.58 bits per heavy atom. The summed E-state index contributed by atoms with van der Waals surface area (Å²) in [6, 6.07) is 0. The van der Waals surface area contributed by atoms with Crippen molar-refractivity contribution < 1.29 is 4.79 Å². The molecule has 0 saturated heterocycles. The lowest BCUT2D eigenvalue weighted by atomic mass is 10.0. The van der Waals surface area contributed by atoms with E-state index in [0.717, 1.165) is 6.42 Å². The quantitative estimate of drug-likeness (QED) is 0.572. The van der Waals surface area contributed by atoms with Crippen LogP contribution in [0.1, 0.15) is 33.6 Å². The van der Waals surface area contributed by atoms with Gasteiger partial charge in [-0.2, -0.15) is 0 Å². The van der Waals surface area contributed by atoms with E-state index in [4.69, 9.17) is 0 Å². The summed E-state index contributed by atoms with van der Waals surface area (Å²) in [5.41, 5.74) is 1.24. The molecular formula is C11H17O. The molecule has 1 nitrogen and oxygen atoms in total. The van der Waals surface area contributed by atoms with Gasteiger partial charge >= 0.3 is 0 Å². The van der Waals surface area contributed by atoms with Crippen LogP contribution in [-0.4, -0.2) is 6.29 Å². The molecule has 0 fully saturated rings. The van der Waals surface area contributed by atoms with Gasteiger partial charge in [0.15, 0.2) is 0 Å². The SMILES string of the molecule is CCC=CC(C)C(C)=CC[C]=O. The number of allylic oxidation sites excluding steroid dienone is 4. The Morgan fingerprint density at radius 3 is 2.75 bits per heavy atom. The van der Waals surface area contributed by atoms with E-state index in [9.17, 15) is 4.79 Å². The van der Waals surface area contributed by atoms with Gasteiger partial charge in [0, 0.05) is 6.42 Å². The molecule has 1 radical (unpaired) electrons. The zero-order valence-corrected chi connectivity index (χ0v) is 8.13. The Kier molecular flexibility index (Phi) is 6.35. The Labute approximate surface area is 75.2 Å². The summed E-state index contributed by atoms with van der Waals surface area (Å²) in [7, 11) is 0. The number of hydrogen-bond acceptors (Lipinski definition) is 1. The maximum Gasteiger partial charge on any atom is 0.202 e. The maximum absolute atomic E-state index is 9.96. The van der Waals surface area contributed by atoms with Gasteiger partial charge in [-0.05, 0) is 19.3 Å². The van der Waals surface area contributed by atoms with E-state index in [0.29, 0.717) is 12.3 Å². The van der Waals surface area contributed by atoms with Crippen molar-refractivity contribution in [2.45, 2.75) is 33.6 Å². The molecule has 0 N–H and O–H groups in total. The normalized spacial score (nSPS) is 15.1. The van der Waals surface area contributed by atoms with Crippen LogP contribution in [0.3, 0.4) is 0 Å². The Bertz CT molecular complexity index is 177. The zero-order chi connectivity index (χ0) is 9.40. The predicted molar refractivity (Wildman–Crippen MR) is 52.7 cm³/mol. The average molecular weight is 165 g/mol. The second kappa shape index (κ2) is 6.84. The van der Waals surface area contributed by atoms with Gasteiger partial charge in [-0.25, -0.2) is 0 Å². The highest BCUT2D eigenvalue weighted by Crippen LogP contribution is 2.11. The fourth-order valence-corrected chi connectivity index (χ4v) is 0.881.